The molecule has 182 valence electrons. The van der Waals surface area contributed by atoms with Crippen LogP contribution in [0.2, 0.25) is 0 Å². The Morgan fingerprint density at radius 3 is 2.68 bits per heavy atom. The Bertz CT molecular complexity index is 1200. The zero-order valence-electron chi connectivity index (χ0n) is 20.5. The van der Waals surface area contributed by atoms with Gasteiger partial charge in [0.25, 0.3) is 5.56 Å². The zero-order chi connectivity index (χ0) is 24.2. The second-order valence-electron chi connectivity index (χ2n) is 9.30. The van der Waals surface area contributed by atoms with Crippen LogP contribution in [0, 0.1) is 0 Å². The number of fused-ring (bicyclic) bond motifs is 3. The highest BCUT2D eigenvalue weighted by Crippen LogP contribution is 2.35. The van der Waals surface area contributed by atoms with Gasteiger partial charge in [0.2, 0.25) is 5.91 Å². The molecule has 0 aliphatic heterocycles. The van der Waals surface area contributed by atoms with E-state index in [4.69, 9.17) is 4.98 Å². The fraction of sp³-hybridized carbons (Fsp3) is 0.500. The predicted octanol–water partition coefficient (Wildman–Crippen LogP) is 4.65. The Hall–Kier alpha value is -2.16. The van der Waals surface area contributed by atoms with E-state index in [-0.39, 0.29) is 22.8 Å². The molecule has 3 aromatic rings. The van der Waals surface area contributed by atoms with Gasteiger partial charge in [-0.2, -0.15) is 0 Å². The van der Waals surface area contributed by atoms with Crippen LogP contribution in [-0.2, 0) is 24.2 Å². The molecular weight excluding hydrogens is 464 g/mol. The molecule has 1 amide bonds. The molecule has 0 saturated carbocycles. The molecule has 0 bridgehead atoms. The summed E-state index contributed by atoms with van der Waals surface area (Å²) in [5, 5.41) is 4.19. The minimum atomic E-state index is -0.370. The summed E-state index contributed by atoms with van der Waals surface area (Å²) in [6.45, 7) is 5.36. The van der Waals surface area contributed by atoms with Crippen LogP contribution in [0.1, 0.15) is 55.2 Å². The van der Waals surface area contributed by atoms with E-state index < -0.39 is 0 Å². The molecule has 4 rings (SSSR count). The molecule has 1 aromatic carbocycles. The van der Waals surface area contributed by atoms with Crippen molar-refractivity contribution in [2.24, 2.45) is 0 Å². The van der Waals surface area contributed by atoms with Crippen molar-refractivity contribution in [3.8, 4) is 0 Å². The number of carbonyl (C=O) groups excluding carboxylic acids is 1. The van der Waals surface area contributed by atoms with Crippen molar-refractivity contribution >= 4 is 39.2 Å². The molecule has 6 nitrogen and oxygen atoms in total. The number of hydrogen-bond acceptors (Lipinski definition) is 6. The van der Waals surface area contributed by atoms with E-state index >= 15 is 0 Å². The number of nitrogens with one attached hydrogen (secondary N) is 1. The number of nitrogens with zero attached hydrogens (tertiary/aromatic N) is 3. The molecular formula is C26H34N4O2S2. The Morgan fingerprint density at radius 1 is 1.21 bits per heavy atom. The lowest BCUT2D eigenvalue weighted by molar-refractivity contribution is -0.120. The van der Waals surface area contributed by atoms with Gasteiger partial charge in [-0.15, -0.1) is 11.3 Å². The maximum absolute atomic E-state index is 13.7. The molecule has 1 N–H and O–H groups in total. The minimum absolute atomic E-state index is 0.0518. The van der Waals surface area contributed by atoms with Crippen LogP contribution in [0.3, 0.4) is 0 Å². The number of hydrogen-bond donors (Lipinski definition) is 1. The van der Waals surface area contributed by atoms with Gasteiger partial charge in [-0.3, -0.25) is 14.2 Å². The van der Waals surface area contributed by atoms with Crippen LogP contribution >= 0.6 is 23.1 Å². The van der Waals surface area contributed by atoms with Crippen molar-refractivity contribution in [1.29, 1.82) is 0 Å². The topological polar surface area (TPSA) is 67.2 Å². The van der Waals surface area contributed by atoms with Crippen molar-refractivity contribution in [2.45, 2.75) is 68.9 Å². The van der Waals surface area contributed by atoms with E-state index in [0.717, 1.165) is 48.0 Å². The third-order valence-electron chi connectivity index (χ3n) is 6.34. The number of benzene rings is 1. The molecule has 2 heterocycles. The molecule has 0 fully saturated rings. The second kappa shape index (κ2) is 11.1. The monoisotopic (exact) mass is 498 g/mol. The van der Waals surface area contributed by atoms with Gasteiger partial charge in [0.05, 0.1) is 16.7 Å². The second-order valence-corrected chi connectivity index (χ2v) is 11.7. The third kappa shape index (κ3) is 5.56. The largest absolute Gasteiger partial charge is 0.349 e. The molecule has 0 saturated heterocycles. The number of carbonyl (C=O) groups is 1. The van der Waals surface area contributed by atoms with Gasteiger partial charge in [-0.05, 0) is 77.7 Å². The van der Waals surface area contributed by atoms with Crippen LogP contribution in [0.15, 0.2) is 40.3 Å². The lowest BCUT2D eigenvalue weighted by atomic mass is 9.97. The van der Waals surface area contributed by atoms with Crippen molar-refractivity contribution in [2.75, 3.05) is 20.6 Å². The van der Waals surface area contributed by atoms with E-state index in [1.165, 1.54) is 28.6 Å². The average molecular weight is 499 g/mol. The predicted molar refractivity (Wildman–Crippen MR) is 142 cm³/mol. The summed E-state index contributed by atoms with van der Waals surface area (Å²) in [5.41, 5.74) is 2.33. The van der Waals surface area contributed by atoms with Crippen molar-refractivity contribution < 1.29 is 4.79 Å². The number of rotatable bonds is 9. The third-order valence-corrected chi connectivity index (χ3v) is 8.61. The highest BCUT2D eigenvalue weighted by Gasteiger charge is 2.25. The number of thioether (sulfide) groups is 1. The fourth-order valence-corrected chi connectivity index (χ4v) is 6.67. The summed E-state index contributed by atoms with van der Waals surface area (Å²) in [7, 11) is 4.07. The number of thiophene rings is 1. The summed E-state index contributed by atoms with van der Waals surface area (Å²) in [5.74, 6) is -0.0546. The zero-order valence-corrected chi connectivity index (χ0v) is 22.1. The Balaban J connectivity index is 1.60. The first-order valence-electron chi connectivity index (χ1n) is 12.1. The first-order valence-corrected chi connectivity index (χ1v) is 13.8. The summed E-state index contributed by atoms with van der Waals surface area (Å²) in [6.07, 6.45) is 5.16. The van der Waals surface area contributed by atoms with E-state index in [1.807, 2.05) is 62.8 Å². The average Bonchev–Trinajstić information content (AvgIpc) is 3.19. The lowest BCUT2D eigenvalue weighted by Crippen LogP contribution is -2.34. The maximum Gasteiger partial charge on any atom is 0.263 e. The lowest BCUT2D eigenvalue weighted by Gasteiger charge is -2.19. The van der Waals surface area contributed by atoms with E-state index in [2.05, 4.69) is 10.2 Å². The van der Waals surface area contributed by atoms with E-state index in [0.29, 0.717) is 11.7 Å². The van der Waals surface area contributed by atoms with Crippen LogP contribution in [0.4, 0.5) is 0 Å². The van der Waals surface area contributed by atoms with Crippen LogP contribution in [0.5, 0.6) is 0 Å². The van der Waals surface area contributed by atoms with Crippen molar-refractivity contribution in [3.05, 3.63) is 56.7 Å². The molecule has 1 aliphatic carbocycles. The summed E-state index contributed by atoms with van der Waals surface area (Å²) in [6, 6.07) is 9.86. The highest BCUT2D eigenvalue weighted by atomic mass is 32.2. The molecule has 0 spiro atoms. The highest BCUT2D eigenvalue weighted by molar-refractivity contribution is 8.00. The van der Waals surface area contributed by atoms with Gasteiger partial charge in [0, 0.05) is 11.4 Å². The number of aryl methyl sites for hydroxylation is 2. The van der Waals surface area contributed by atoms with Crippen molar-refractivity contribution in [1.82, 2.24) is 19.8 Å². The van der Waals surface area contributed by atoms with Crippen LogP contribution < -0.4 is 10.9 Å². The van der Waals surface area contributed by atoms with Gasteiger partial charge in [0.1, 0.15) is 4.83 Å². The van der Waals surface area contributed by atoms with Gasteiger partial charge < -0.3 is 10.2 Å². The summed E-state index contributed by atoms with van der Waals surface area (Å²) >= 11 is 3.04. The molecule has 2 unspecified atom stereocenters. The van der Waals surface area contributed by atoms with E-state index in [1.54, 1.807) is 11.3 Å². The number of aromatic nitrogens is 2. The summed E-state index contributed by atoms with van der Waals surface area (Å²) in [4.78, 5) is 35.9. The molecule has 1 aliphatic rings. The smallest absolute Gasteiger partial charge is 0.263 e. The van der Waals surface area contributed by atoms with Crippen LogP contribution in [0.25, 0.3) is 10.2 Å². The molecule has 0 radical (unpaired) electrons. The Kier molecular flexibility index (Phi) is 8.11. The van der Waals surface area contributed by atoms with Crippen LogP contribution in [-0.4, -0.2) is 46.2 Å². The molecule has 2 atom stereocenters. The minimum Gasteiger partial charge on any atom is -0.349 e. The van der Waals surface area contributed by atoms with Gasteiger partial charge in [0.15, 0.2) is 5.16 Å². The molecule has 2 aromatic heterocycles. The Labute approximate surface area is 209 Å². The quantitative estimate of drug-likeness (QED) is 0.344. The van der Waals surface area contributed by atoms with Crippen molar-refractivity contribution in [3.63, 3.8) is 0 Å². The SMILES string of the molecule is CC(Sc1nc2sc3c(c2c(=O)n1CCCN(C)C)CCCC3)C(=O)NC(C)c1ccccc1. The maximum atomic E-state index is 13.7. The van der Waals surface area contributed by atoms with Gasteiger partial charge >= 0.3 is 0 Å². The van der Waals surface area contributed by atoms with Gasteiger partial charge in [-0.25, -0.2) is 4.98 Å². The molecule has 34 heavy (non-hydrogen) atoms. The summed E-state index contributed by atoms with van der Waals surface area (Å²) < 4.78 is 1.81. The Morgan fingerprint density at radius 2 is 1.94 bits per heavy atom. The number of amides is 1. The first kappa shape index (κ1) is 24.9. The normalized spacial score (nSPS) is 15.3. The standard InChI is InChI=1S/C26H34N4O2S2/c1-17(19-11-6-5-7-12-19)27-23(31)18(2)33-26-28-24-22(20-13-8-9-14-21(20)34-24)25(32)30(26)16-10-15-29(3)4/h5-7,11-12,17-18H,8-10,13-16H2,1-4H3,(H,27,31). The van der Waals surface area contributed by atoms with E-state index in [9.17, 15) is 9.59 Å². The fourth-order valence-electron chi connectivity index (χ4n) is 4.42. The molecule has 8 heteroatoms. The van der Waals surface area contributed by atoms with Gasteiger partial charge in [-0.1, -0.05) is 42.1 Å². The first-order chi connectivity index (χ1) is 16.3.